The summed E-state index contributed by atoms with van der Waals surface area (Å²) in [4.78, 5) is 15.6. The van der Waals surface area contributed by atoms with Crippen molar-refractivity contribution in [3.05, 3.63) is 35.5 Å². The highest BCUT2D eigenvalue weighted by molar-refractivity contribution is 5.94. The molecular formula is C22H30N2O. The molecule has 1 saturated heterocycles. The van der Waals surface area contributed by atoms with Gasteiger partial charge in [0.1, 0.15) is 0 Å². The second-order valence-corrected chi connectivity index (χ2v) is 7.71. The quantitative estimate of drug-likeness (QED) is 0.783. The van der Waals surface area contributed by atoms with Gasteiger partial charge in [-0.3, -0.25) is 4.79 Å². The molecule has 3 nitrogen and oxygen atoms in total. The molecule has 1 unspecified atom stereocenters. The van der Waals surface area contributed by atoms with Gasteiger partial charge in [0.05, 0.1) is 5.92 Å². The van der Waals surface area contributed by atoms with Crippen LogP contribution in [0.3, 0.4) is 0 Å². The average molecular weight is 338 g/mol. The third-order valence-electron chi connectivity index (χ3n) is 6.04. The summed E-state index contributed by atoms with van der Waals surface area (Å²) in [6.07, 6.45) is 9.29. The number of hydrogen-bond acceptors (Lipinski definition) is 1. The highest BCUT2D eigenvalue weighted by Crippen LogP contribution is 2.40. The molecule has 134 valence electrons. The number of rotatable bonds is 3. The third-order valence-corrected chi connectivity index (χ3v) is 6.04. The molecule has 0 spiro atoms. The lowest BCUT2D eigenvalue weighted by Crippen LogP contribution is -2.37. The number of para-hydroxylation sites is 1. The summed E-state index contributed by atoms with van der Waals surface area (Å²) in [6, 6.07) is 8.72. The second kappa shape index (κ2) is 7.23. The van der Waals surface area contributed by atoms with Crippen LogP contribution < -0.4 is 0 Å². The van der Waals surface area contributed by atoms with Crippen molar-refractivity contribution in [2.24, 2.45) is 0 Å². The summed E-state index contributed by atoms with van der Waals surface area (Å²) in [5.41, 5.74) is 4.11. The number of aromatic nitrogens is 1. The van der Waals surface area contributed by atoms with E-state index in [1.165, 1.54) is 47.8 Å². The number of amides is 1. The van der Waals surface area contributed by atoms with Crippen LogP contribution in [0.5, 0.6) is 0 Å². The summed E-state index contributed by atoms with van der Waals surface area (Å²) in [6.45, 7) is 5.21. The van der Waals surface area contributed by atoms with E-state index in [1.54, 1.807) is 0 Å². The molecule has 1 aromatic heterocycles. The van der Waals surface area contributed by atoms with Crippen molar-refractivity contribution >= 4 is 16.8 Å². The van der Waals surface area contributed by atoms with Crippen LogP contribution in [0.4, 0.5) is 0 Å². The Labute approximate surface area is 151 Å². The summed E-state index contributed by atoms with van der Waals surface area (Å²) >= 11 is 0. The van der Waals surface area contributed by atoms with Crippen LogP contribution >= 0.6 is 0 Å². The first-order chi connectivity index (χ1) is 12.3. The van der Waals surface area contributed by atoms with Gasteiger partial charge >= 0.3 is 0 Å². The van der Waals surface area contributed by atoms with Crippen LogP contribution in [0.1, 0.15) is 69.0 Å². The number of hydrogen-bond donors (Lipinski definition) is 0. The van der Waals surface area contributed by atoms with Gasteiger partial charge in [0, 0.05) is 36.2 Å². The minimum absolute atomic E-state index is 0.0739. The Kier molecular flexibility index (Phi) is 4.82. The van der Waals surface area contributed by atoms with E-state index < -0.39 is 0 Å². The van der Waals surface area contributed by atoms with Gasteiger partial charge in [0.25, 0.3) is 0 Å². The van der Waals surface area contributed by atoms with E-state index in [-0.39, 0.29) is 5.92 Å². The molecule has 1 atom stereocenters. The van der Waals surface area contributed by atoms with E-state index in [2.05, 4.69) is 40.7 Å². The molecule has 4 rings (SSSR count). The Balaban J connectivity index is 1.76. The number of fused-ring (bicyclic) bond motifs is 3. The fourth-order valence-electron chi connectivity index (χ4n) is 4.90. The maximum Gasteiger partial charge on any atom is 0.230 e. The predicted octanol–water partition coefficient (Wildman–Crippen LogP) is 4.87. The number of aryl methyl sites for hydroxylation is 1. The molecule has 0 radical (unpaired) electrons. The molecule has 2 aromatic rings. The van der Waals surface area contributed by atoms with Gasteiger partial charge in [0.2, 0.25) is 5.91 Å². The van der Waals surface area contributed by atoms with E-state index >= 15 is 0 Å². The number of benzene rings is 1. The molecule has 0 N–H and O–H groups in total. The van der Waals surface area contributed by atoms with Crippen LogP contribution in [0.25, 0.3) is 10.9 Å². The van der Waals surface area contributed by atoms with Crippen molar-refractivity contribution in [2.75, 3.05) is 13.1 Å². The molecule has 1 aromatic carbocycles. The first-order valence-corrected chi connectivity index (χ1v) is 10.2. The fraction of sp³-hybridized carbons (Fsp3) is 0.591. The normalized spacial score (nSPS) is 21.2. The molecule has 3 heteroatoms. The Morgan fingerprint density at radius 2 is 1.84 bits per heavy atom. The van der Waals surface area contributed by atoms with Crippen LogP contribution in [0.2, 0.25) is 0 Å². The van der Waals surface area contributed by atoms with Gasteiger partial charge < -0.3 is 9.47 Å². The van der Waals surface area contributed by atoms with Crippen LogP contribution in [0.15, 0.2) is 24.3 Å². The van der Waals surface area contributed by atoms with Gasteiger partial charge in [-0.2, -0.15) is 0 Å². The first kappa shape index (κ1) is 16.7. The number of likely N-dealkylation sites (tertiary alicyclic amines) is 1. The molecule has 0 bridgehead atoms. The first-order valence-electron chi connectivity index (χ1n) is 10.2. The zero-order chi connectivity index (χ0) is 17.2. The summed E-state index contributed by atoms with van der Waals surface area (Å²) < 4.78 is 2.49. The van der Waals surface area contributed by atoms with E-state index in [0.717, 1.165) is 45.3 Å². The van der Waals surface area contributed by atoms with Crippen LogP contribution in [0, 0.1) is 0 Å². The van der Waals surface area contributed by atoms with Crippen molar-refractivity contribution < 1.29 is 4.79 Å². The summed E-state index contributed by atoms with van der Waals surface area (Å²) in [5, 5.41) is 1.32. The molecule has 1 fully saturated rings. The number of nitrogens with zero attached hydrogens (tertiary/aromatic N) is 2. The van der Waals surface area contributed by atoms with E-state index in [9.17, 15) is 4.79 Å². The molecule has 1 amide bonds. The van der Waals surface area contributed by atoms with Crippen molar-refractivity contribution in [1.82, 2.24) is 9.47 Å². The lowest BCUT2D eigenvalue weighted by Gasteiger charge is -2.29. The highest BCUT2D eigenvalue weighted by atomic mass is 16.2. The monoisotopic (exact) mass is 338 g/mol. The van der Waals surface area contributed by atoms with E-state index in [4.69, 9.17) is 0 Å². The molecule has 2 heterocycles. The molecule has 1 aliphatic heterocycles. The van der Waals surface area contributed by atoms with Crippen molar-refractivity contribution in [3.8, 4) is 0 Å². The zero-order valence-electron chi connectivity index (χ0n) is 15.5. The van der Waals surface area contributed by atoms with Crippen molar-refractivity contribution in [2.45, 2.75) is 70.8 Å². The maximum atomic E-state index is 13.4. The predicted molar refractivity (Wildman–Crippen MR) is 103 cm³/mol. The van der Waals surface area contributed by atoms with Gasteiger partial charge in [-0.05, 0) is 50.2 Å². The van der Waals surface area contributed by atoms with Crippen LogP contribution in [-0.4, -0.2) is 28.5 Å². The number of carbonyl (C=O) groups is 1. The van der Waals surface area contributed by atoms with Crippen molar-refractivity contribution in [3.63, 3.8) is 0 Å². The molecule has 2 aliphatic rings. The molecule has 1 aliphatic carbocycles. The fourth-order valence-corrected chi connectivity index (χ4v) is 4.90. The zero-order valence-corrected chi connectivity index (χ0v) is 15.5. The average Bonchev–Trinajstić information content (AvgIpc) is 2.81. The lowest BCUT2D eigenvalue weighted by molar-refractivity contribution is -0.133. The minimum Gasteiger partial charge on any atom is -0.344 e. The largest absolute Gasteiger partial charge is 0.344 e. The van der Waals surface area contributed by atoms with Crippen LogP contribution in [-0.2, 0) is 17.8 Å². The van der Waals surface area contributed by atoms with Gasteiger partial charge in [0.15, 0.2) is 0 Å². The molecule has 0 saturated carbocycles. The Morgan fingerprint density at radius 1 is 1.08 bits per heavy atom. The van der Waals surface area contributed by atoms with E-state index in [0.29, 0.717) is 5.91 Å². The Morgan fingerprint density at radius 3 is 2.60 bits per heavy atom. The van der Waals surface area contributed by atoms with Gasteiger partial charge in [-0.25, -0.2) is 0 Å². The number of carbonyl (C=O) groups excluding carboxylic acids is 1. The Hall–Kier alpha value is -1.77. The molecular weight excluding hydrogens is 308 g/mol. The van der Waals surface area contributed by atoms with Crippen molar-refractivity contribution in [1.29, 1.82) is 0 Å². The second-order valence-electron chi connectivity index (χ2n) is 7.71. The SMILES string of the molecule is CCCn1c2c(c3ccccc31)C(C(=O)N1CCCCCC1)CCC2. The summed E-state index contributed by atoms with van der Waals surface area (Å²) in [5.74, 6) is 0.465. The topological polar surface area (TPSA) is 25.2 Å². The maximum absolute atomic E-state index is 13.4. The van der Waals surface area contributed by atoms with E-state index in [1.807, 2.05) is 0 Å². The lowest BCUT2D eigenvalue weighted by atomic mass is 9.84. The Bertz CT molecular complexity index is 753. The smallest absolute Gasteiger partial charge is 0.230 e. The van der Waals surface area contributed by atoms with Gasteiger partial charge in [-0.1, -0.05) is 38.0 Å². The standard InChI is InChI=1S/C22H30N2O/c1-2-14-24-19-12-6-5-10-17(19)21-18(11-9-13-20(21)24)22(25)23-15-7-3-4-8-16-23/h5-6,10,12,18H,2-4,7-9,11,13-16H2,1H3. The van der Waals surface area contributed by atoms with Gasteiger partial charge in [-0.15, -0.1) is 0 Å². The third kappa shape index (κ3) is 2.98. The summed E-state index contributed by atoms with van der Waals surface area (Å²) in [7, 11) is 0. The highest BCUT2D eigenvalue weighted by Gasteiger charge is 2.34. The molecule has 25 heavy (non-hydrogen) atoms. The minimum atomic E-state index is 0.0739.